The van der Waals surface area contributed by atoms with Crippen LogP contribution in [0.5, 0.6) is 0 Å². The van der Waals surface area contributed by atoms with Crippen LogP contribution in [-0.4, -0.2) is 16.7 Å². The average molecular weight is 478 g/mol. The molecule has 0 spiro atoms. The third-order valence-corrected chi connectivity index (χ3v) is 9.50. The first kappa shape index (κ1) is 21.9. The SMILES string of the molecule is O=C(c1c(Cl)cccc1Cl)P(=O)(C(=O)c1c(Cl)cccc1Cl)C1CCCCC1. The van der Waals surface area contributed by atoms with Crippen LogP contribution in [0.25, 0.3) is 0 Å². The Balaban J connectivity index is 2.20. The molecule has 0 amide bonds. The zero-order chi connectivity index (χ0) is 20.5. The number of hydrogen-bond acceptors (Lipinski definition) is 3. The van der Waals surface area contributed by atoms with Gasteiger partial charge in [-0.2, -0.15) is 0 Å². The lowest BCUT2D eigenvalue weighted by atomic mass is 10.0. The number of carbonyl (C=O) groups excluding carboxylic acids is 2. The van der Waals surface area contributed by atoms with Gasteiger partial charge in [-0.15, -0.1) is 0 Å². The van der Waals surface area contributed by atoms with Crippen molar-refractivity contribution in [2.24, 2.45) is 0 Å². The summed E-state index contributed by atoms with van der Waals surface area (Å²) in [7, 11) is -4.14. The predicted octanol–water partition coefficient (Wildman–Crippen LogP) is 7.98. The standard InChI is InChI=1S/C20H17Cl4O3P/c21-13-8-4-9-14(22)17(13)19(25)28(27,12-6-2-1-3-7-12)20(26)18-15(23)10-5-11-16(18)24/h4-5,8-12H,1-3,6-7H2. The Kier molecular flexibility index (Phi) is 6.95. The molecule has 0 bridgehead atoms. The molecule has 1 aliphatic rings. The third kappa shape index (κ3) is 3.93. The molecule has 1 aliphatic carbocycles. The minimum atomic E-state index is -4.14. The molecular weight excluding hydrogens is 461 g/mol. The molecule has 28 heavy (non-hydrogen) atoms. The van der Waals surface area contributed by atoms with Crippen molar-refractivity contribution in [3.63, 3.8) is 0 Å². The van der Waals surface area contributed by atoms with Crippen molar-refractivity contribution in [1.82, 2.24) is 0 Å². The summed E-state index contributed by atoms with van der Waals surface area (Å²) in [5, 5.41) is 0.247. The minimum Gasteiger partial charge on any atom is -0.306 e. The van der Waals surface area contributed by atoms with Gasteiger partial charge in [0.2, 0.25) is 18.2 Å². The molecule has 8 heteroatoms. The van der Waals surface area contributed by atoms with E-state index in [1.807, 2.05) is 0 Å². The largest absolute Gasteiger partial charge is 0.306 e. The summed E-state index contributed by atoms with van der Waals surface area (Å²) in [6, 6.07) is 9.11. The van der Waals surface area contributed by atoms with Crippen LogP contribution in [0.4, 0.5) is 0 Å². The van der Waals surface area contributed by atoms with Crippen molar-refractivity contribution < 1.29 is 14.2 Å². The molecule has 0 aromatic heterocycles. The second-order valence-corrected chi connectivity index (χ2v) is 11.2. The van der Waals surface area contributed by atoms with Gasteiger partial charge in [-0.3, -0.25) is 9.59 Å². The highest BCUT2D eigenvalue weighted by Crippen LogP contribution is 2.62. The van der Waals surface area contributed by atoms with Crippen LogP contribution < -0.4 is 0 Å². The normalized spacial score (nSPS) is 15.4. The first-order valence-electron chi connectivity index (χ1n) is 8.86. The average Bonchev–Trinajstić information content (AvgIpc) is 2.67. The lowest BCUT2D eigenvalue weighted by molar-refractivity contribution is 0.103. The molecule has 0 heterocycles. The molecule has 0 N–H and O–H groups in total. The summed E-state index contributed by atoms with van der Waals surface area (Å²) in [6.45, 7) is 0. The highest BCUT2D eigenvalue weighted by atomic mass is 35.5. The van der Waals surface area contributed by atoms with Crippen molar-refractivity contribution in [1.29, 1.82) is 0 Å². The van der Waals surface area contributed by atoms with Crippen molar-refractivity contribution in [2.45, 2.75) is 37.8 Å². The van der Waals surface area contributed by atoms with E-state index in [9.17, 15) is 14.2 Å². The lowest BCUT2D eigenvalue weighted by Crippen LogP contribution is -2.24. The molecule has 148 valence electrons. The molecule has 0 atom stereocenters. The second-order valence-electron chi connectivity index (χ2n) is 6.75. The molecule has 2 aromatic rings. The fourth-order valence-electron chi connectivity index (χ4n) is 3.60. The fraction of sp³-hybridized carbons (Fsp3) is 0.300. The van der Waals surface area contributed by atoms with Crippen LogP contribution in [0.15, 0.2) is 36.4 Å². The lowest BCUT2D eigenvalue weighted by Gasteiger charge is -2.29. The van der Waals surface area contributed by atoms with Gasteiger partial charge in [0.05, 0.1) is 31.2 Å². The zero-order valence-electron chi connectivity index (χ0n) is 14.8. The quantitative estimate of drug-likeness (QED) is 0.410. The smallest absolute Gasteiger partial charge is 0.232 e. The fourth-order valence-corrected chi connectivity index (χ4v) is 8.09. The van der Waals surface area contributed by atoms with E-state index >= 15 is 0 Å². The molecule has 0 aliphatic heterocycles. The molecule has 1 saturated carbocycles. The molecule has 0 unspecified atom stereocenters. The Labute approximate surface area is 183 Å². The van der Waals surface area contributed by atoms with Gasteiger partial charge in [0.25, 0.3) is 0 Å². The predicted molar refractivity (Wildman–Crippen MR) is 116 cm³/mol. The van der Waals surface area contributed by atoms with Gasteiger partial charge in [0.15, 0.2) is 0 Å². The van der Waals surface area contributed by atoms with Crippen molar-refractivity contribution >= 4 is 64.6 Å². The van der Waals surface area contributed by atoms with Crippen LogP contribution in [-0.2, 0) is 4.57 Å². The second kappa shape index (κ2) is 8.90. The summed E-state index contributed by atoms with van der Waals surface area (Å²) < 4.78 is 14.2. The molecule has 0 radical (unpaired) electrons. The van der Waals surface area contributed by atoms with E-state index < -0.39 is 23.8 Å². The maximum atomic E-state index is 14.2. The molecule has 3 rings (SSSR count). The van der Waals surface area contributed by atoms with E-state index in [1.165, 1.54) is 24.3 Å². The molecule has 2 aromatic carbocycles. The highest BCUT2D eigenvalue weighted by molar-refractivity contribution is 7.96. The Morgan fingerprint density at radius 3 is 1.43 bits per heavy atom. The highest BCUT2D eigenvalue weighted by Gasteiger charge is 2.49. The van der Waals surface area contributed by atoms with Crippen molar-refractivity contribution in [2.75, 3.05) is 0 Å². The maximum absolute atomic E-state index is 14.2. The van der Waals surface area contributed by atoms with Gasteiger partial charge in [-0.25, -0.2) is 0 Å². The van der Waals surface area contributed by atoms with Crippen LogP contribution >= 0.6 is 53.5 Å². The summed E-state index contributed by atoms with van der Waals surface area (Å²) >= 11 is 24.8. The van der Waals surface area contributed by atoms with E-state index in [2.05, 4.69) is 0 Å². The Morgan fingerprint density at radius 2 is 1.07 bits per heavy atom. The van der Waals surface area contributed by atoms with Crippen LogP contribution in [0.2, 0.25) is 20.1 Å². The van der Waals surface area contributed by atoms with E-state index in [0.29, 0.717) is 12.8 Å². The van der Waals surface area contributed by atoms with Gasteiger partial charge in [0.1, 0.15) is 0 Å². The van der Waals surface area contributed by atoms with Crippen molar-refractivity contribution in [3.05, 3.63) is 67.6 Å². The zero-order valence-corrected chi connectivity index (χ0v) is 18.7. The maximum Gasteiger partial charge on any atom is 0.232 e. The van der Waals surface area contributed by atoms with E-state index in [0.717, 1.165) is 19.3 Å². The van der Waals surface area contributed by atoms with Crippen LogP contribution in [0.3, 0.4) is 0 Å². The molecule has 0 saturated heterocycles. The summed E-state index contributed by atoms with van der Waals surface area (Å²) in [5.41, 5.74) is -2.40. The monoisotopic (exact) mass is 476 g/mol. The van der Waals surface area contributed by atoms with Gasteiger partial charge in [0, 0.05) is 5.66 Å². The molecule has 1 fully saturated rings. The number of halogens is 4. The van der Waals surface area contributed by atoms with E-state index in [-0.39, 0.29) is 31.2 Å². The molecular formula is C20H17Cl4O3P. The molecule has 3 nitrogen and oxygen atoms in total. The minimum absolute atomic E-state index is 0.0617. The summed E-state index contributed by atoms with van der Waals surface area (Å²) in [5.74, 6) is 0. The van der Waals surface area contributed by atoms with Crippen LogP contribution in [0.1, 0.15) is 52.8 Å². The van der Waals surface area contributed by atoms with E-state index in [4.69, 9.17) is 46.4 Å². The van der Waals surface area contributed by atoms with Gasteiger partial charge >= 0.3 is 0 Å². The Bertz CT molecular complexity index is 875. The van der Waals surface area contributed by atoms with Gasteiger partial charge in [-0.05, 0) is 37.1 Å². The third-order valence-electron chi connectivity index (χ3n) is 5.05. The summed E-state index contributed by atoms with van der Waals surface area (Å²) in [4.78, 5) is 27.0. The number of rotatable bonds is 5. The van der Waals surface area contributed by atoms with Crippen LogP contribution in [0, 0.1) is 0 Å². The summed E-state index contributed by atoms with van der Waals surface area (Å²) in [6.07, 6.45) is 3.58. The van der Waals surface area contributed by atoms with Gasteiger partial charge in [-0.1, -0.05) is 77.8 Å². The Hall–Kier alpha value is -0.830. The number of hydrogen-bond donors (Lipinski definition) is 0. The number of benzene rings is 2. The van der Waals surface area contributed by atoms with E-state index in [1.54, 1.807) is 12.1 Å². The van der Waals surface area contributed by atoms with Gasteiger partial charge < -0.3 is 4.57 Å². The topological polar surface area (TPSA) is 51.2 Å². The van der Waals surface area contributed by atoms with Crippen molar-refractivity contribution in [3.8, 4) is 0 Å². The first-order valence-corrected chi connectivity index (χ1v) is 12.1. The Morgan fingerprint density at radius 1 is 0.714 bits per heavy atom. The first-order chi connectivity index (χ1) is 13.3. The number of carbonyl (C=O) groups is 2.